The lowest BCUT2D eigenvalue weighted by Crippen LogP contribution is -2.46. The average molecular weight is 209 g/mol. The molecule has 2 fully saturated rings. The zero-order valence-corrected chi connectivity index (χ0v) is 8.48. The molecule has 2 bridgehead atoms. The SMILES string of the molecule is C=CC(=O)NC1C2CCC(C2)C1C(=O)O. The number of carbonyl (C=O) groups excluding carboxylic acids is 1. The van der Waals surface area contributed by atoms with E-state index in [4.69, 9.17) is 5.11 Å². The second-order valence-corrected chi connectivity index (χ2v) is 4.44. The van der Waals surface area contributed by atoms with Gasteiger partial charge in [0, 0.05) is 6.04 Å². The molecule has 4 nitrogen and oxygen atoms in total. The monoisotopic (exact) mass is 209 g/mol. The van der Waals surface area contributed by atoms with E-state index >= 15 is 0 Å². The Morgan fingerprint density at radius 3 is 2.60 bits per heavy atom. The number of carboxylic acid groups (broad SMARTS) is 1. The summed E-state index contributed by atoms with van der Waals surface area (Å²) in [6, 6.07) is -0.188. The number of hydrogen-bond acceptors (Lipinski definition) is 2. The molecule has 0 aliphatic heterocycles. The van der Waals surface area contributed by atoms with Crippen molar-refractivity contribution >= 4 is 11.9 Å². The molecule has 0 aromatic heterocycles. The van der Waals surface area contributed by atoms with Crippen LogP contribution in [0, 0.1) is 17.8 Å². The molecular weight excluding hydrogens is 194 g/mol. The Bertz CT molecular complexity index is 313. The molecule has 2 N–H and O–H groups in total. The summed E-state index contributed by atoms with van der Waals surface area (Å²) in [5.41, 5.74) is 0. The topological polar surface area (TPSA) is 66.4 Å². The third-order valence-corrected chi connectivity index (χ3v) is 3.70. The van der Waals surface area contributed by atoms with Crippen molar-refractivity contribution in [3.8, 4) is 0 Å². The molecule has 0 spiro atoms. The quantitative estimate of drug-likeness (QED) is 0.675. The van der Waals surface area contributed by atoms with Crippen molar-refractivity contribution in [2.24, 2.45) is 17.8 Å². The molecule has 4 unspecified atom stereocenters. The van der Waals surface area contributed by atoms with Crippen LogP contribution in [0.2, 0.25) is 0 Å². The van der Waals surface area contributed by atoms with Crippen molar-refractivity contribution in [1.29, 1.82) is 0 Å². The first-order valence-electron chi connectivity index (χ1n) is 5.29. The predicted octanol–water partition coefficient (Wildman–Crippen LogP) is 0.788. The van der Waals surface area contributed by atoms with E-state index in [9.17, 15) is 9.59 Å². The van der Waals surface area contributed by atoms with E-state index in [0.29, 0.717) is 5.92 Å². The molecule has 2 aliphatic carbocycles. The van der Waals surface area contributed by atoms with Gasteiger partial charge in [0.25, 0.3) is 0 Å². The molecule has 0 aromatic carbocycles. The van der Waals surface area contributed by atoms with E-state index < -0.39 is 11.9 Å². The van der Waals surface area contributed by atoms with E-state index in [2.05, 4.69) is 11.9 Å². The van der Waals surface area contributed by atoms with Gasteiger partial charge in [-0.25, -0.2) is 0 Å². The minimum atomic E-state index is -0.781. The van der Waals surface area contributed by atoms with Crippen molar-refractivity contribution in [1.82, 2.24) is 5.32 Å². The molecule has 2 aliphatic rings. The summed E-state index contributed by atoms with van der Waals surface area (Å²) in [7, 11) is 0. The first-order chi connectivity index (χ1) is 7.13. The molecule has 0 heterocycles. The summed E-state index contributed by atoms with van der Waals surface area (Å²) in [5.74, 6) is -0.842. The summed E-state index contributed by atoms with van der Waals surface area (Å²) < 4.78 is 0. The minimum absolute atomic E-state index is 0.188. The Morgan fingerprint density at radius 2 is 2.00 bits per heavy atom. The summed E-state index contributed by atoms with van der Waals surface area (Å²) in [6.07, 6.45) is 4.17. The fraction of sp³-hybridized carbons (Fsp3) is 0.636. The minimum Gasteiger partial charge on any atom is -0.481 e. The number of aliphatic carboxylic acids is 1. The van der Waals surface area contributed by atoms with Gasteiger partial charge in [-0.15, -0.1) is 0 Å². The molecule has 0 saturated heterocycles. The van der Waals surface area contributed by atoms with E-state index in [0.717, 1.165) is 19.3 Å². The van der Waals surface area contributed by atoms with Crippen molar-refractivity contribution in [2.45, 2.75) is 25.3 Å². The van der Waals surface area contributed by atoms with Gasteiger partial charge in [0.1, 0.15) is 0 Å². The van der Waals surface area contributed by atoms with Crippen molar-refractivity contribution in [3.63, 3.8) is 0 Å². The highest BCUT2D eigenvalue weighted by Crippen LogP contribution is 2.48. The van der Waals surface area contributed by atoms with Crippen molar-refractivity contribution < 1.29 is 14.7 Å². The second-order valence-electron chi connectivity index (χ2n) is 4.44. The Morgan fingerprint density at radius 1 is 1.33 bits per heavy atom. The highest BCUT2D eigenvalue weighted by molar-refractivity contribution is 5.87. The maximum atomic E-state index is 11.2. The average Bonchev–Trinajstić information content (AvgIpc) is 2.77. The highest BCUT2D eigenvalue weighted by Gasteiger charge is 2.51. The normalized spacial score (nSPS) is 37.6. The number of rotatable bonds is 3. The van der Waals surface area contributed by atoms with Gasteiger partial charge in [-0.05, 0) is 37.2 Å². The molecule has 2 saturated carbocycles. The lowest BCUT2D eigenvalue weighted by molar-refractivity contribution is -0.144. The van der Waals surface area contributed by atoms with Crippen LogP contribution in [0.4, 0.5) is 0 Å². The second kappa shape index (κ2) is 3.68. The number of nitrogens with one attached hydrogen (secondary N) is 1. The van der Waals surface area contributed by atoms with Crippen LogP contribution < -0.4 is 5.32 Å². The van der Waals surface area contributed by atoms with Crippen LogP contribution in [0.15, 0.2) is 12.7 Å². The molecule has 4 heteroatoms. The largest absolute Gasteiger partial charge is 0.481 e. The first kappa shape index (κ1) is 10.2. The van der Waals surface area contributed by atoms with Crippen LogP contribution >= 0.6 is 0 Å². The summed E-state index contributed by atoms with van der Waals surface area (Å²) >= 11 is 0. The fourth-order valence-electron chi connectivity index (χ4n) is 3.08. The third-order valence-electron chi connectivity index (χ3n) is 3.70. The summed E-state index contributed by atoms with van der Waals surface area (Å²) in [6.45, 7) is 3.38. The van der Waals surface area contributed by atoms with E-state index in [1.165, 1.54) is 6.08 Å². The predicted molar refractivity (Wildman–Crippen MR) is 54.1 cm³/mol. The number of amides is 1. The molecule has 1 amide bonds. The van der Waals surface area contributed by atoms with Gasteiger partial charge in [0.05, 0.1) is 5.92 Å². The number of hydrogen-bond donors (Lipinski definition) is 2. The van der Waals surface area contributed by atoms with Crippen molar-refractivity contribution in [2.75, 3.05) is 0 Å². The molecule has 2 rings (SSSR count). The molecule has 4 atom stereocenters. The van der Waals surface area contributed by atoms with Crippen LogP contribution in [-0.2, 0) is 9.59 Å². The fourth-order valence-corrected chi connectivity index (χ4v) is 3.08. The summed E-state index contributed by atoms with van der Waals surface area (Å²) in [4.78, 5) is 22.3. The van der Waals surface area contributed by atoms with Gasteiger partial charge in [-0.3, -0.25) is 9.59 Å². The third kappa shape index (κ3) is 1.64. The lowest BCUT2D eigenvalue weighted by atomic mass is 9.84. The Labute approximate surface area is 88.4 Å². The van der Waals surface area contributed by atoms with Gasteiger partial charge in [0.15, 0.2) is 0 Å². The maximum absolute atomic E-state index is 11.2. The number of carbonyl (C=O) groups is 2. The number of fused-ring (bicyclic) bond motifs is 2. The van der Waals surface area contributed by atoms with Gasteiger partial charge < -0.3 is 10.4 Å². The number of carboxylic acids is 1. The van der Waals surface area contributed by atoms with Crippen molar-refractivity contribution in [3.05, 3.63) is 12.7 Å². The lowest BCUT2D eigenvalue weighted by Gasteiger charge is -2.28. The zero-order chi connectivity index (χ0) is 11.0. The standard InChI is InChI=1S/C11H15NO3/c1-2-8(13)12-10-7-4-3-6(5-7)9(10)11(14)15/h2,6-7,9-10H,1,3-5H2,(H,12,13)(H,14,15). The Hall–Kier alpha value is -1.32. The van der Waals surface area contributed by atoms with Crippen LogP contribution in [0.1, 0.15) is 19.3 Å². The maximum Gasteiger partial charge on any atom is 0.308 e. The van der Waals surface area contributed by atoms with Crippen LogP contribution in [0.25, 0.3) is 0 Å². The van der Waals surface area contributed by atoms with E-state index in [1.807, 2.05) is 0 Å². The highest BCUT2D eigenvalue weighted by atomic mass is 16.4. The van der Waals surface area contributed by atoms with Gasteiger partial charge in [-0.2, -0.15) is 0 Å². The molecular formula is C11H15NO3. The van der Waals surface area contributed by atoms with Crippen LogP contribution in [-0.4, -0.2) is 23.0 Å². The van der Waals surface area contributed by atoms with Gasteiger partial charge in [-0.1, -0.05) is 6.58 Å². The zero-order valence-electron chi connectivity index (χ0n) is 8.48. The molecule has 0 aromatic rings. The molecule has 15 heavy (non-hydrogen) atoms. The van der Waals surface area contributed by atoms with Crippen LogP contribution in [0.5, 0.6) is 0 Å². The van der Waals surface area contributed by atoms with Gasteiger partial charge in [0.2, 0.25) is 5.91 Å². The first-order valence-corrected chi connectivity index (χ1v) is 5.29. The Kier molecular flexibility index (Phi) is 2.50. The van der Waals surface area contributed by atoms with E-state index in [-0.39, 0.29) is 17.9 Å². The van der Waals surface area contributed by atoms with Gasteiger partial charge >= 0.3 is 5.97 Å². The molecule has 82 valence electrons. The Balaban J connectivity index is 2.11. The molecule has 0 radical (unpaired) electrons. The summed E-state index contributed by atoms with van der Waals surface area (Å²) in [5, 5.41) is 11.9. The van der Waals surface area contributed by atoms with E-state index in [1.54, 1.807) is 0 Å². The smallest absolute Gasteiger partial charge is 0.308 e. The van der Waals surface area contributed by atoms with Crippen LogP contribution in [0.3, 0.4) is 0 Å².